The number of ether oxygens (including phenoxy) is 5. The zero-order valence-corrected chi connectivity index (χ0v) is 35.6. The van der Waals surface area contributed by atoms with E-state index in [1.54, 1.807) is 7.11 Å². The summed E-state index contributed by atoms with van der Waals surface area (Å²) in [5, 5.41) is 0. The van der Waals surface area contributed by atoms with Crippen LogP contribution in [0.1, 0.15) is 142 Å². The molecule has 0 radical (unpaired) electrons. The van der Waals surface area contributed by atoms with Crippen molar-refractivity contribution in [2.75, 3.05) is 73.2 Å². The van der Waals surface area contributed by atoms with Crippen LogP contribution in [0.2, 0.25) is 0 Å². The van der Waals surface area contributed by atoms with Crippen molar-refractivity contribution in [3.05, 3.63) is 0 Å². The molecule has 0 aromatic rings. The Morgan fingerprint density at radius 1 is 0.478 bits per heavy atom. The minimum absolute atomic E-state index is 0. The fourth-order valence-electron chi connectivity index (χ4n) is 5.20. The van der Waals surface area contributed by atoms with E-state index in [2.05, 4.69) is 18.0 Å². The normalized spacial score (nSPS) is 12.9. The molecule has 0 rings (SSSR count). The summed E-state index contributed by atoms with van der Waals surface area (Å²) in [5.41, 5.74) is -0.371. The van der Waals surface area contributed by atoms with Crippen LogP contribution in [0.4, 0.5) is 0 Å². The van der Waals surface area contributed by atoms with Gasteiger partial charge in [-0.1, -0.05) is 117 Å². The van der Waals surface area contributed by atoms with Gasteiger partial charge in [0.25, 0.3) is 0 Å². The van der Waals surface area contributed by atoms with Gasteiger partial charge >= 0.3 is 59.1 Å². The molecule has 0 saturated carbocycles. The molecule has 0 aromatic carbocycles. The summed E-state index contributed by atoms with van der Waals surface area (Å²) >= 11 is 0. The molecule has 0 fully saturated rings. The second kappa shape index (κ2) is 39.5. The standard InChI is InChI=1S/C34H70O9S.2Na/c1-4-6-8-10-11-12-13-14-17-22-26-40-31-34(32-41-28-27-38-3,33-42-29-30-43-44(35,36)37)23-19-16-15-18-21-25-39-24-20-9-7-5-2;;/h4-33H2,1-3H3,(H,35,36,37);;/q;2*+1/p-1/t34-;;/m0../s1. The molecule has 1 atom stereocenters. The quantitative estimate of drug-likeness (QED) is 0.0416. The molecule has 0 aliphatic carbocycles. The zero-order chi connectivity index (χ0) is 32.5. The van der Waals surface area contributed by atoms with Crippen molar-refractivity contribution in [2.45, 2.75) is 142 Å². The van der Waals surface area contributed by atoms with E-state index in [1.807, 2.05) is 0 Å². The van der Waals surface area contributed by atoms with Crippen molar-refractivity contribution in [3.8, 4) is 0 Å². The second-order valence-electron chi connectivity index (χ2n) is 12.3. The van der Waals surface area contributed by atoms with Crippen molar-refractivity contribution in [1.29, 1.82) is 0 Å². The number of unbranched alkanes of at least 4 members (excludes halogenated alkanes) is 16. The van der Waals surface area contributed by atoms with Crippen LogP contribution in [0.25, 0.3) is 0 Å². The SMILES string of the molecule is CCCCCCCCCCCCOC[C@@](CCCCCCCOCCCCCC)(COCCOC)COCCOS(=O)(=O)[O-].[Na+].[Na+]. The van der Waals surface area contributed by atoms with Crippen molar-refractivity contribution >= 4 is 10.4 Å². The zero-order valence-electron chi connectivity index (χ0n) is 30.8. The summed E-state index contributed by atoms with van der Waals surface area (Å²) in [6.45, 7) is 8.89. The Morgan fingerprint density at radius 2 is 0.848 bits per heavy atom. The van der Waals surface area contributed by atoms with Gasteiger partial charge in [0.05, 0.1) is 46.2 Å². The van der Waals surface area contributed by atoms with Crippen LogP contribution in [0, 0.1) is 5.41 Å². The van der Waals surface area contributed by atoms with Crippen molar-refractivity contribution in [2.24, 2.45) is 5.41 Å². The Hall–Kier alpha value is 1.67. The van der Waals surface area contributed by atoms with E-state index < -0.39 is 10.4 Å². The summed E-state index contributed by atoms with van der Waals surface area (Å²) < 4.78 is 65.6. The van der Waals surface area contributed by atoms with Crippen LogP contribution in [0.5, 0.6) is 0 Å². The maximum Gasteiger partial charge on any atom is 1.00 e. The van der Waals surface area contributed by atoms with Crippen molar-refractivity contribution in [1.82, 2.24) is 0 Å². The Labute approximate surface area is 328 Å². The molecule has 0 heterocycles. The molecule has 0 amide bonds. The van der Waals surface area contributed by atoms with Crippen molar-refractivity contribution < 1.29 is 100.0 Å². The third kappa shape index (κ3) is 38.5. The molecule has 46 heavy (non-hydrogen) atoms. The molecule has 12 heteroatoms. The Balaban J connectivity index is -0.00000924. The average Bonchev–Trinajstić information content (AvgIpc) is 2.99. The first-order valence-corrected chi connectivity index (χ1v) is 19.1. The first-order chi connectivity index (χ1) is 21.4. The van der Waals surface area contributed by atoms with E-state index >= 15 is 0 Å². The summed E-state index contributed by atoms with van der Waals surface area (Å²) in [6, 6.07) is 0. The van der Waals surface area contributed by atoms with Crippen molar-refractivity contribution in [3.63, 3.8) is 0 Å². The minimum atomic E-state index is -4.73. The molecule has 0 spiro atoms. The minimum Gasteiger partial charge on any atom is -0.726 e. The summed E-state index contributed by atoms with van der Waals surface area (Å²) in [6.07, 6.45) is 24.1. The van der Waals surface area contributed by atoms with Gasteiger partial charge in [0.2, 0.25) is 10.4 Å². The first-order valence-electron chi connectivity index (χ1n) is 17.8. The third-order valence-corrected chi connectivity index (χ3v) is 8.35. The summed E-state index contributed by atoms with van der Waals surface area (Å²) in [5.74, 6) is 0. The van der Waals surface area contributed by atoms with Gasteiger partial charge in [-0.3, -0.25) is 4.18 Å². The number of rotatable bonds is 37. The molecule has 0 saturated heterocycles. The van der Waals surface area contributed by atoms with Crippen LogP contribution < -0.4 is 59.1 Å². The molecule has 0 aromatic heterocycles. The maximum atomic E-state index is 10.8. The van der Waals surface area contributed by atoms with E-state index in [4.69, 9.17) is 23.7 Å². The smallest absolute Gasteiger partial charge is 0.726 e. The molecule has 0 aliphatic heterocycles. The van der Waals surface area contributed by atoms with E-state index in [0.717, 1.165) is 64.6 Å². The van der Waals surface area contributed by atoms with Crippen LogP contribution in [0.3, 0.4) is 0 Å². The first kappa shape index (κ1) is 52.0. The average molecular weight is 700 g/mol. The molecule has 0 unspecified atom stereocenters. The van der Waals surface area contributed by atoms with Crippen LogP contribution >= 0.6 is 0 Å². The van der Waals surface area contributed by atoms with Crippen LogP contribution in [-0.4, -0.2) is 86.1 Å². The van der Waals surface area contributed by atoms with Gasteiger partial charge in [0.1, 0.15) is 0 Å². The van der Waals surface area contributed by atoms with Gasteiger partial charge in [-0.05, 0) is 25.7 Å². The van der Waals surface area contributed by atoms with Gasteiger partial charge in [-0.15, -0.1) is 0 Å². The van der Waals surface area contributed by atoms with Gasteiger partial charge in [-0.2, -0.15) is 0 Å². The Kier molecular flexibility index (Phi) is 44.6. The monoisotopic (exact) mass is 699 g/mol. The largest absolute Gasteiger partial charge is 1.00 e. The predicted molar refractivity (Wildman–Crippen MR) is 177 cm³/mol. The number of hydrogen-bond acceptors (Lipinski definition) is 9. The van der Waals surface area contributed by atoms with E-state index in [9.17, 15) is 13.0 Å². The number of hydrogen-bond donors (Lipinski definition) is 0. The molecule has 266 valence electrons. The second-order valence-corrected chi connectivity index (χ2v) is 13.3. The molecule has 0 N–H and O–H groups in total. The topological polar surface area (TPSA) is 113 Å². The maximum absolute atomic E-state index is 10.8. The van der Waals surface area contributed by atoms with E-state index in [0.29, 0.717) is 39.6 Å². The van der Waals surface area contributed by atoms with Crippen LogP contribution in [0.15, 0.2) is 0 Å². The fourth-order valence-corrected chi connectivity index (χ4v) is 5.48. The van der Waals surface area contributed by atoms with Gasteiger partial charge < -0.3 is 28.2 Å². The Morgan fingerprint density at radius 3 is 1.30 bits per heavy atom. The van der Waals surface area contributed by atoms with Gasteiger partial charge in [0, 0.05) is 32.3 Å². The summed E-state index contributed by atoms with van der Waals surface area (Å²) in [7, 11) is -3.08. The fraction of sp³-hybridized carbons (Fsp3) is 1.00. The molecular formula is C34H69Na2O9S+. The van der Waals surface area contributed by atoms with Gasteiger partial charge in [-0.25, -0.2) is 8.42 Å². The Bertz CT molecular complexity index is 660. The van der Waals surface area contributed by atoms with Crippen LogP contribution in [-0.2, 0) is 38.3 Å². The number of methoxy groups -OCH3 is 1. The van der Waals surface area contributed by atoms with Gasteiger partial charge in [0.15, 0.2) is 0 Å². The van der Waals surface area contributed by atoms with E-state index in [1.165, 1.54) is 77.0 Å². The molecule has 0 aliphatic rings. The molecular weight excluding hydrogens is 630 g/mol. The predicted octanol–water partition coefficient (Wildman–Crippen LogP) is 2.01. The summed E-state index contributed by atoms with van der Waals surface area (Å²) in [4.78, 5) is 0. The third-order valence-electron chi connectivity index (χ3n) is 7.89. The van der Waals surface area contributed by atoms with E-state index in [-0.39, 0.29) is 77.7 Å². The molecule has 0 bridgehead atoms. The molecule has 9 nitrogen and oxygen atoms in total.